The topological polar surface area (TPSA) is 12.0 Å². The maximum Gasteiger partial charge on any atom is 0.129 e. The van der Waals surface area contributed by atoms with Gasteiger partial charge in [-0.05, 0) is 49.4 Å². The van der Waals surface area contributed by atoms with Gasteiger partial charge in [0.15, 0.2) is 0 Å². The SMILES string of the molecule is CCNC(CC1CCCCCC1)c1cc(C)c(F)c(C)c1. The van der Waals surface area contributed by atoms with Gasteiger partial charge in [0.25, 0.3) is 0 Å². The van der Waals surface area contributed by atoms with Crippen LogP contribution in [0.15, 0.2) is 12.1 Å². The quantitative estimate of drug-likeness (QED) is 0.711. The monoisotopic (exact) mass is 291 g/mol. The Labute approximate surface area is 129 Å². The predicted molar refractivity (Wildman–Crippen MR) is 88.1 cm³/mol. The molecule has 1 aromatic rings. The van der Waals surface area contributed by atoms with Crippen molar-refractivity contribution in [1.82, 2.24) is 5.32 Å². The number of hydrogen-bond acceptors (Lipinski definition) is 1. The second-order valence-corrected chi connectivity index (χ2v) is 6.67. The minimum Gasteiger partial charge on any atom is -0.310 e. The van der Waals surface area contributed by atoms with Crippen molar-refractivity contribution in [2.45, 2.75) is 71.8 Å². The van der Waals surface area contributed by atoms with Crippen molar-refractivity contribution >= 4 is 0 Å². The first-order valence-corrected chi connectivity index (χ1v) is 8.61. The maximum atomic E-state index is 13.9. The molecule has 0 bridgehead atoms. The van der Waals surface area contributed by atoms with E-state index in [2.05, 4.69) is 12.2 Å². The number of hydrogen-bond donors (Lipinski definition) is 1. The molecule has 1 nitrogen and oxygen atoms in total. The van der Waals surface area contributed by atoms with E-state index in [0.717, 1.165) is 23.6 Å². The lowest BCUT2D eigenvalue weighted by Crippen LogP contribution is -2.24. The van der Waals surface area contributed by atoms with Crippen LogP contribution in [0.4, 0.5) is 4.39 Å². The van der Waals surface area contributed by atoms with Crippen LogP contribution in [-0.4, -0.2) is 6.54 Å². The first-order chi connectivity index (χ1) is 10.1. The minimum absolute atomic E-state index is 0.0523. The van der Waals surface area contributed by atoms with E-state index < -0.39 is 0 Å². The van der Waals surface area contributed by atoms with Crippen LogP contribution < -0.4 is 5.32 Å². The Kier molecular flexibility index (Phi) is 6.22. The Balaban J connectivity index is 2.13. The molecule has 0 saturated heterocycles. The predicted octanol–water partition coefficient (Wildman–Crippen LogP) is 5.45. The van der Waals surface area contributed by atoms with Gasteiger partial charge in [-0.3, -0.25) is 0 Å². The Bertz CT molecular complexity index is 424. The van der Waals surface area contributed by atoms with Crippen LogP contribution in [0.3, 0.4) is 0 Å². The summed E-state index contributed by atoms with van der Waals surface area (Å²) in [7, 11) is 0. The third-order valence-electron chi connectivity index (χ3n) is 4.86. The van der Waals surface area contributed by atoms with Crippen LogP contribution >= 0.6 is 0 Å². The molecule has 0 heterocycles. The highest BCUT2D eigenvalue weighted by molar-refractivity contribution is 5.32. The van der Waals surface area contributed by atoms with E-state index in [0.29, 0.717) is 6.04 Å². The average Bonchev–Trinajstić information content (AvgIpc) is 2.72. The molecule has 0 aliphatic heterocycles. The molecule has 0 spiro atoms. The van der Waals surface area contributed by atoms with Crippen LogP contribution in [-0.2, 0) is 0 Å². The molecule has 0 amide bonds. The first-order valence-electron chi connectivity index (χ1n) is 8.61. The summed E-state index contributed by atoms with van der Waals surface area (Å²) in [6.45, 7) is 6.87. The molecule has 1 saturated carbocycles. The molecular formula is C19H30FN. The largest absolute Gasteiger partial charge is 0.310 e. The van der Waals surface area contributed by atoms with Crippen molar-refractivity contribution in [2.24, 2.45) is 5.92 Å². The molecule has 1 fully saturated rings. The fourth-order valence-corrected chi connectivity index (χ4v) is 3.70. The summed E-state index contributed by atoms with van der Waals surface area (Å²) < 4.78 is 13.9. The van der Waals surface area contributed by atoms with Gasteiger partial charge >= 0.3 is 0 Å². The highest BCUT2D eigenvalue weighted by atomic mass is 19.1. The van der Waals surface area contributed by atoms with Gasteiger partial charge in [-0.15, -0.1) is 0 Å². The van der Waals surface area contributed by atoms with Crippen LogP contribution in [0.1, 0.15) is 74.6 Å². The highest BCUT2D eigenvalue weighted by Crippen LogP contribution is 2.32. The molecule has 0 aromatic heterocycles. The lowest BCUT2D eigenvalue weighted by molar-refractivity contribution is 0.359. The zero-order chi connectivity index (χ0) is 15.2. The third-order valence-corrected chi connectivity index (χ3v) is 4.86. The second-order valence-electron chi connectivity index (χ2n) is 6.67. The number of halogens is 1. The second kappa shape index (κ2) is 7.93. The molecule has 1 unspecified atom stereocenters. The summed E-state index contributed by atoms with van der Waals surface area (Å²) in [4.78, 5) is 0. The molecule has 1 aromatic carbocycles. The smallest absolute Gasteiger partial charge is 0.129 e. The summed E-state index contributed by atoms with van der Waals surface area (Å²) in [5.74, 6) is 0.769. The van der Waals surface area contributed by atoms with Gasteiger partial charge in [0.05, 0.1) is 0 Å². The van der Waals surface area contributed by atoms with Crippen LogP contribution in [0.2, 0.25) is 0 Å². The van der Waals surface area contributed by atoms with Crippen molar-refractivity contribution in [2.75, 3.05) is 6.54 Å². The van der Waals surface area contributed by atoms with E-state index in [4.69, 9.17) is 0 Å². The summed E-state index contributed by atoms with van der Waals surface area (Å²) in [6, 6.07) is 4.44. The normalized spacial score (nSPS) is 18.5. The molecule has 1 N–H and O–H groups in total. The Morgan fingerprint density at radius 1 is 1.10 bits per heavy atom. The fraction of sp³-hybridized carbons (Fsp3) is 0.684. The molecule has 0 radical (unpaired) electrons. The number of benzene rings is 1. The maximum absolute atomic E-state index is 13.9. The van der Waals surface area contributed by atoms with Gasteiger partial charge in [0, 0.05) is 6.04 Å². The molecule has 2 heteroatoms. The van der Waals surface area contributed by atoms with Crippen molar-refractivity contribution in [3.63, 3.8) is 0 Å². The van der Waals surface area contributed by atoms with Gasteiger partial charge in [0.1, 0.15) is 5.82 Å². The Hall–Kier alpha value is -0.890. The first kappa shape index (κ1) is 16.5. The van der Waals surface area contributed by atoms with Gasteiger partial charge in [0.2, 0.25) is 0 Å². The molecule has 118 valence electrons. The number of nitrogens with one attached hydrogen (secondary N) is 1. The van der Waals surface area contributed by atoms with Crippen molar-refractivity contribution in [1.29, 1.82) is 0 Å². The van der Waals surface area contributed by atoms with Crippen LogP contribution in [0, 0.1) is 25.6 Å². The summed E-state index contributed by atoms with van der Waals surface area (Å²) in [5.41, 5.74) is 2.81. The van der Waals surface area contributed by atoms with Gasteiger partial charge in [-0.1, -0.05) is 57.6 Å². The summed E-state index contributed by atoms with van der Waals surface area (Å²) >= 11 is 0. The zero-order valence-corrected chi connectivity index (χ0v) is 13.8. The van der Waals surface area contributed by atoms with Gasteiger partial charge in [-0.25, -0.2) is 4.39 Å². The molecule has 1 aliphatic rings. The molecule has 21 heavy (non-hydrogen) atoms. The van der Waals surface area contributed by atoms with Crippen molar-refractivity contribution < 1.29 is 4.39 Å². The van der Waals surface area contributed by atoms with Gasteiger partial charge < -0.3 is 5.32 Å². The zero-order valence-electron chi connectivity index (χ0n) is 13.8. The standard InChI is InChI=1S/C19H30FN/c1-4-21-18(13-16-9-7-5-6-8-10-16)17-11-14(2)19(20)15(3)12-17/h11-12,16,18,21H,4-10,13H2,1-3H3. The average molecular weight is 291 g/mol. The third kappa shape index (κ3) is 4.54. The minimum atomic E-state index is -0.0523. The fourth-order valence-electron chi connectivity index (χ4n) is 3.70. The van der Waals surface area contributed by atoms with Gasteiger partial charge in [-0.2, -0.15) is 0 Å². The molecule has 1 atom stereocenters. The van der Waals surface area contributed by atoms with E-state index >= 15 is 0 Å². The molecule has 2 rings (SSSR count). The van der Waals surface area contributed by atoms with Crippen molar-refractivity contribution in [3.05, 3.63) is 34.6 Å². The van der Waals surface area contributed by atoms with Crippen LogP contribution in [0.5, 0.6) is 0 Å². The van der Waals surface area contributed by atoms with E-state index in [1.165, 1.54) is 50.5 Å². The van der Waals surface area contributed by atoms with E-state index in [9.17, 15) is 4.39 Å². The number of rotatable bonds is 5. The Morgan fingerprint density at radius 2 is 1.67 bits per heavy atom. The highest BCUT2D eigenvalue weighted by Gasteiger charge is 2.20. The van der Waals surface area contributed by atoms with E-state index in [1.807, 2.05) is 26.0 Å². The lowest BCUT2D eigenvalue weighted by Gasteiger charge is -2.24. The molecular weight excluding hydrogens is 261 g/mol. The lowest BCUT2D eigenvalue weighted by atomic mass is 9.88. The number of aryl methyl sites for hydroxylation is 2. The summed E-state index contributed by atoms with van der Waals surface area (Å²) in [6.07, 6.45) is 9.48. The molecule has 1 aliphatic carbocycles. The summed E-state index contributed by atoms with van der Waals surface area (Å²) in [5, 5.41) is 3.62. The van der Waals surface area contributed by atoms with E-state index in [-0.39, 0.29) is 5.82 Å². The van der Waals surface area contributed by atoms with Crippen LogP contribution in [0.25, 0.3) is 0 Å². The Morgan fingerprint density at radius 3 is 2.19 bits per heavy atom. The van der Waals surface area contributed by atoms with E-state index in [1.54, 1.807) is 0 Å². The van der Waals surface area contributed by atoms with Crippen molar-refractivity contribution in [3.8, 4) is 0 Å².